The molecule has 63 heavy (non-hydrogen) atoms. The largest absolute Gasteiger partial charge is 0.313 e. The van der Waals surface area contributed by atoms with Crippen LogP contribution in [0.2, 0.25) is 0 Å². The zero-order valence-corrected chi connectivity index (χ0v) is 34.7. The van der Waals surface area contributed by atoms with Crippen molar-refractivity contribution in [3.05, 3.63) is 258 Å². The molecule has 2 heteroatoms. The zero-order chi connectivity index (χ0) is 41.5. The van der Waals surface area contributed by atoms with E-state index in [0.717, 1.165) is 18.5 Å². The summed E-state index contributed by atoms with van der Waals surface area (Å²) in [5.41, 5.74) is 21.0. The molecule has 296 valence electrons. The third kappa shape index (κ3) is 5.31. The molecular weight excluding hydrogens is 761 g/mol. The molecule has 2 heterocycles. The average molecular weight is 803 g/mol. The highest BCUT2D eigenvalue weighted by Gasteiger charge is 2.45. The predicted molar refractivity (Wildman–Crippen MR) is 263 cm³/mol. The van der Waals surface area contributed by atoms with Crippen LogP contribution in [0.3, 0.4) is 0 Å². The Labute approximate surface area is 367 Å². The number of hydrogen-bond acceptors (Lipinski definition) is 0. The van der Waals surface area contributed by atoms with Gasteiger partial charge in [0.2, 0.25) is 0 Å². The van der Waals surface area contributed by atoms with Crippen LogP contribution in [0.15, 0.2) is 224 Å². The van der Waals surface area contributed by atoms with E-state index in [-0.39, 0.29) is 0 Å². The van der Waals surface area contributed by atoms with Gasteiger partial charge >= 0.3 is 0 Å². The molecule has 0 amide bonds. The van der Waals surface area contributed by atoms with Crippen LogP contribution in [-0.2, 0) is 11.8 Å². The van der Waals surface area contributed by atoms with Crippen LogP contribution in [-0.4, -0.2) is 9.13 Å². The van der Waals surface area contributed by atoms with E-state index in [4.69, 9.17) is 0 Å². The smallest absolute Gasteiger partial charge is 0.0713 e. The van der Waals surface area contributed by atoms with Crippen LogP contribution >= 0.6 is 0 Å². The minimum Gasteiger partial charge on any atom is -0.313 e. The highest BCUT2D eigenvalue weighted by Crippen LogP contribution is 2.56. The molecule has 0 atom stereocenters. The first kappa shape index (κ1) is 35.8. The van der Waals surface area contributed by atoms with Gasteiger partial charge in [-0.2, -0.15) is 0 Å². The summed E-state index contributed by atoms with van der Waals surface area (Å²) in [6, 6.07) is 81.1. The highest BCUT2D eigenvalue weighted by molar-refractivity contribution is 6.09. The van der Waals surface area contributed by atoms with E-state index >= 15 is 0 Å². The lowest BCUT2D eigenvalue weighted by atomic mass is 9.67. The lowest BCUT2D eigenvalue weighted by Gasteiger charge is -2.34. The number of fused-ring (bicyclic) bond motifs is 9. The summed E-state index contributed by atoms with van der Waals surface area (Å²) in [7, 11) is 0. The lowest BCUT2D eigenvalue weighted by Crippen LogP contribution is -2.28. The van der Waals surface area contributed by atoms with Gasteiger partial charge < -0.3 is 9.13 Å². The van der Waals surface area contributed by atoms with Crippen LogP contribution in [0.1, 0.15) is 39.9 Å². The zero-order valence-electron chi connectivity index (χ0n) is 34.7. The van der Waals surface area contributed by atoms with Gasteiger partial charge in [-0.25, -0.2) is 0 Å². The molecule has 0 fully saturated rings. The first-order valence-electron chi connectivity index (χ1n) is 22.1. The number of nitrogens with zero attached hydrogens (tertiary/aromatic N) is 2. The standard InChI is InChI=1S/C61H42N2/c1-7-19-55-49(13-1)50-14-2-8-20-56(50)61(55,45-33-25-41(26-34-45)43-29-37-47(38-30-43)62-57-21-9-3-15-51(57)52-16-4-10-22-58(52)62)46-35-27-42(28-36-46)44-31-39-48(40-32-44)63-59-23-11-5-17-53(59)54-18-6-12-24-60(54)63/h1-11,13-23,25-40H,12,24H2. The Kier molecular flexibility index (Phi) is 7.98. The van der Waals surface area contributed by atoms with E-state index in [1.165, 1.54) is 105 Å². The SMILES string of the molecule is C1=Cc2c(n(-c3ccc(-c4ccc(C5(c6ccc(-c7ccc(-n8c9ccccc9c9ccccc98)cc7)cc6)c6ccccc6-c6ccccc65)cc4)cc3)c3ccccc23)CC1. The summed E-state index contributed by atoms with van der Waals surface area (Å²) >= 11 is 0. The second kappa shape index (κ2) is 14.1. The topological polar surface area (TPSA) is 9.86 Å². The molecule has 0 aliphatic heterocycles. The van der Waals surface area contributed by atoms with Crippen LogP contribution < -0.4 is 0 Å². The molecule has 11 aromatic rings. The van der Waals surface area contributed by atoms with Gasteiger partial charge in [0.05, 0.1) is 22.0 Å². The molecule has 9 aromatic carbocycles. The van der Waals surface area contributed by atoms with E-state index in [1.807, 2.05) is 0 Å². The molecular formula is C61H42N2. The molecule has 2 aromatic heterocycles. The van der Waals surface area contributed by atoms with Gasteiger partial charge in [-0.1, -0.05) is 188 Å². The van der Waals surface area contributed by atoms with Gasteiger partial charge in [0, 0.05) is 38.8 Å². The third-order valence-electron chi connectivity index (χ3n) is 13.9. The van der Waals surface area contributed by atoms with Crippen LogP contribution in [0.4, 0.5) is 0 Å². The average Bonchev–Trinajstić information content (AvgIpc) is 3.99. The fraction of sp³-hybridized carbons (Fsp3) is 0.0492. The molecule has 0 radical (unpaired) electrons. The predicted octanol–water partition coefficient (Wildman–Crippen LogP) is 15.4. The molecule has 0 saturated carbocycles. The molecule has 0 bridgehead atoms. The molecule has 0 N–H and O–H groups in total. The minimum atomic E-state index is -0.475. The van der Waals surface area contributed by atoms with Gasteiger partial charge in [-0.05, 0) is 111 Å². The molecule has 0 spiro atoms. The molecule has 2 nitrogen and oxygen atoms in total. The Hall–Kier alpha value is -7.94. The normalized spacial score (nSPS) is 13.7. The summed E-state index contributed by atoms with van der Waals surface area (Å²) < 4.78 is 4.85. The van der Waals surface area contributed by atoms with Gasteiger partial charge in [-0.3, -0.25) is 0 Å². The maximum absolute atomic E-state index is 2.47. The number of para-hydroxylation sites is 3. The van der Waals surface area contributed by atoms with Crippen molar-refractivity contribution in [1.82, 2.24) is 9.13 Å². The number of hydrogen-bond donors (Lipinski definition) is 0. The molecule has 2 aliphatic carbocycles. The molecule has 0 unspecified atom stereocenters. The monoisotopic (exact) mass is 802 g/mol. The van der Waals surface area contributed by atoms with Crippen LogP contribution in [0.5, 0.6) is 0 Å². The van der Waals surface area contributed by atoms with Crippen molar-refractivity contribution in [2.75, 3.05) is 0 Å². The van der Waals surface area contributed by atoms with Crippen molar-refractivity contribution in [1.29, 1.82) is 0 Å². The van der Waals surface area contributed by atoms with Crippen LogP contribution in [0, 0.1) is 0 Å². The number of rotatable bonds is 6. The van der Waals surface area contributed by atoms with Crippen molar-refractivity contribution in [2.45, 2.75) is 18.3 Å². The van der Waals surface area contributed by atoms with Crippen LogP contribution in [0.25, 0.3) is 83.5 Å². The van der Waals surface area contributed by atoms with E-state index in [2.05, 4.69) is 240 Å². The van der Waals surface area contributed by atoms with Crippen molar-refractivity contribution in [3.63, 3.8) is 0 Å². The van der Waals surface area contributed by atoms with E-state index in [1.54, 1.807) is 0 Å². The van der Waals surface area contributed by atoms with Crippen molar-refractivity contribution < 1.29 is 0 Å². The third-order valence-corrected chi connectivity index (χ3v) is 13.9. The Morgan fingerprint density at radius 2 is 0.746 bits per heavy atom. The Bertz CT molecular complexity index is 3480. The van der Waals surface area contributed by atoms with E-state index in [0.29, 0.717) is 0 Å². The quantitative estimate of drug-likeness (QED) is 0.158. The first-order valence-corrected chi connectivity index (χ1v) is 22.1. The summed E-state index contributed by atoms with van der Waals surface area (Å²) in [6.07, 6.45) is 6.75. The van der Waals surface area contributed by atoms with Gasteiger partial charge in [0.1, 0.15) is 0 Å². The fourth-order valence-corrected chi connectivity index (χ4v) is 11.1. The number of aromatic nitrogens is 2. The Morgan fingerprint density at radius 1 is 0.349 bits per heavy atom. The maximum Gasteiger partial charge on any atom is 0.0713 e. The minimum absolute atomic E-state index is 0.475. The molecule has 2 aliphatic rings. The first-order chi connectivity index (χ1) is 31.3. The number of benzene rings is 9. The molecule has 13 rings (SSSR count). The number of allylic oxidation sites excluding steroid dienone is 1. The van der Waals surface area contributed by atoms with Gasteiger partial charge in [0.15, 0.2) is 0 Å². The van der Waals surface area contributed by atoms with Gasteiger partial charge in [0.25, 0.3) is 0 Å². The Balaban J connectivity index is 0.874. The van der Waals surface area contributed by atoms with Crippen molar-refractivity contribution >= 4 is 38.8 Å². The summed E-state index contributed by atoms with van der Waals surface area (Å²) in [5, 5.41) is 3.88. The Morgan fingerprint density at radius 3 is 1.25 bits per heavy atom. The van der Waals surface area contributed by atoms with Crippen molar-refractivity contribution in [2.24, 2.45) is 0 Å². The highest BCUT2D eigenvalue weighted by atomic mass is 15.0. The summed E-state index contributed by atoms with van der Waals surface area (Å²) in [4.78, 5) is 0. The lowest BCUT2D eigenvalue weighted by molar-refractivity contribution is 0.769. The van der Waals surface area contributed by atoms with E-state index in [9.17, 15) is 0 Å². The van der Waals surface area contributed by atoms with Crippen molar-refractivity contribution in [3.8, 4) is 44.8 Å². The maximum atomic E-state index is 2.47. The van der Waals surface area contributed by atoms with E-state index < -0.39 is 5.41 Å². The second-order valence-corrected chi connectivity index (χ2v) is 17.1. The van der Waals surface area contributed by atoms with Gasteiger partial charge in [-0.15, -0.1) is 0 Å². The fourth-order valence-electron chi connectivity index (χ4n) is 11.1. The summed E-state index contributed by atoms with van der Waals surface area (Å²) in [6.45, 7) is 0. The summed E-state index contributed by atoms with van der Waals surface area (Å²) in [5.74, 6) is 0. The molecule has 0 saturated heterocycles. The second-order valence-electron chi connectivity index (χ2n) is 17.1.